The summed E-state index contributed by atoms with van der Waals surface area (Å²) in [4.78, 5) is 1.24. The van der Waals surface area contributed by atoms with Crippen molar-refractivity contribution in [1.29, 1.82) is 0 Å². The number of aliphatic hydroxyl groups excluding tert-OH is 2. The van der Waals surface area contributed by atoms with Crippen molar-refractivity contribution in [1.82, 2.24) is 0 Å². The molecule has 1 saturated heterocycles. The van der Waals surface area contributed by atoms with Crippen LogP contribution in [0.2, 0.25) is 0 Å². The lowest BCUT2D eigenvalue weighted by Crippen LogP contribution is -2.37. The second-order valence-electron chi connectivity index (χ2n) is 4.67. The minimum Gasteiger partial charge on any atom is -0.390 e. The third-order valence-electron chi connectivity index (χ3n) is 3.09. The van der Waals surface area contributed by atoms with Crippen LogP contribution in [0.15, 0.2) is 39.5 Å². The van der Waals surface area contributed by atoms with E-state index in [9.17, 15) is 10.2 Å². The molecule has 1 aliphatic heterocycles. The van der Waals surface area contributed by atoms with E-state index in [1.165, 1.54) is 0 Å². The van der Waals surface area contributed by atoms with Crippen LogP contribution in [0, 0.1) is 0 Å². The molecule has 0 aromatic heterocycles. The maximum atomic E-state index is 10.1. The van der Waals surface area contributed by atoms with Crippen molar-refractivity contribution in [2.24, 2.45) is 0 Å². The summed E-state index contributed by atoms with van der Waals surface area (Å²) in [5.41, 5.74) is 2.88. The summed E-state index contributed by atoms with van der Waals surface area (Å²) >= 11 is 9.96. The maximum absolute atomic E-state index is 10.1. The summed E-state index contributed by atoms with van der Waals surface area (Å²) in [6.07, 6.45) is 6.50. The Hall–Kier alpha value is 0.320. The van der Waals surface area contributed by atoms with Gasteiger partial charge in [-0.05, 0) is 17.0 Å². The van der Waals surface area contributed by atoms with Crippen LogP contribution in [0.3, 0.4) is 0 Å². The van der Waals surface area contributed by atoms with Crippen molar-refractivity contribution in [2.75, 3.05) is 0 Å². The Morgan fingerprint density at radius 3 is 2.86 bits per heavy atom. The molecule has 0 aliphatic carbocycles. The Kier molecular flexibility index (Phi) is 9.37. The van der Waals surface area contributed by atoms with Crippen molar-refractivity contribution in [2.45, 2.75) is 49.0 Å². The molecule has 1 fully saturated rings. The van der Waals surface area contributed by atoms with Gasteiger partial charge in [0.15, 0.2) is 0 Å². The van der Waals surface area contributed by atoms with Gasteiger partial charge in [-0.25, -0.2) is 0 Å². The lowest BCUT2D eigenvalue weighted by molar-refractivity contribution is 0.00627. The number of hydrogen-bond acceptors (Lipinski definition) is 3. The Labute approximate surface area is 150 Å². The molecular formula is C15H19Br3O3. The number of aliphatic hydroxyl groups is 2. The fourth-order valence-electron chi connectivity index (χ4n) is 1.95. The number of rotatable bonds is 6. The first-order chi connectivity index (χ1) is 9.99. The van der Waals surface area contributed by atoms with E-state index < -0.39 is 18.3 Å². The Bertz CT molecular complexity index is 441. The second kappa shape index (κ2) is 10.2. The molecule has 0 unspecified atom stereocenters. The molecule has 0 aromatic carbocycles. The highest BCUT2D eigenvalue weighted by Gasteiger charge is 2.39. The zero-order valence-corrected chi connectivity index (χ0v) is 16.4. The van der Waals surface area contributed by atoms with Gasteiger partial charge in [0.2, 0.25) is 0 Å². The van der Waals surface area contributed by atoms with E-state index in [1.807, 2.05) is 13.0 Å². The summed E-state index contributed by atoms with van der Waals surface area (Å²) < 4.78 is 6.79. The number of allylic oxidation sites excluding steroid dienone is 3. The summed E-state index contributed by atoms with van der Waals surface area (Å²) in [6.45, 7) is 2.04. The van der Waals surface area contributed by atoms with Gasteiger partial charge in [-0.15, -0.1) is 5.73 Å². The van der Waals surface area contributed by atoms with Crippen LogP contribution < -0.4 is 0 Å². The third kappa shape index (κ3) is 6.53. The van der Waals surface area contributed by atoms with Crippen LogP contribution in [0.25, 0.3) is 0 Å². The quantitative estimate of drug-likeness (QED) is 0.340. The number of alkyl halides is 1. The van der Waals surface area contributed by atoms with E-state index in [-0.39, 0.29) is 10.9 Å². The molecule has 3 nitrogen and oxygen atoms in total. The second-order valence-corrected chi connectivity index (χ2v) is 7.21. The minimum absolute atomic E-state index is 0.191. The summed E-state index contributed by atoms with van der Waals surface area (Å²) in [5.74, 6) is 0. The zero-order valence-electron chi connectivity index (χ0n) is 11.6. The van der Waals surface area contributed by atoms with Crippen molar-refractivity contribution in [3.8, 4) is 0 Å². The SMILES string of the molecule is CC/C(Br)=C\C=C\[C@@H](O)[C@H](Br)[C@@H]1O[C@@H](C=C=CBr)C[C@@H]1O. The maximum Gasteiger partial charge on any atom is 0.0996 e. The Balaban J connectivity index is 2.62. The van der Waals surface area contributed by atoms with Gasteiger partial charge < -0.3 is 14.9 Å². The van der Waals surface area contributed by atoms with Gasteiger partial charge in [0, 0.05) is 11.4 Å². The van der Waals surface area contributed by atoms with E-state index in [0.717, 1.165) is 10.9 Å². The van der Waals surface area contributed by atoms with E-state index in [2.05, 4.69) is 53.5 Å². The summed E-state index contributed by atoms with van der Waals surface area (Å²) in [6, 6.07) is 0. The van der Waals surface area contributed by atoms with E-state index in [0.29, 0.717) is 6.42 Å². The van der Waals surface area contributed by atoms with E-state index in [4.69, 9.17) is 4.74 Å². The van der Waals surface area contributed by atoms with E-state index in [1.54, 1.807) is 23.2 Å². The van der Waals surface area contributed by atoms with Crippen molar-refractivity contribution in [3.05, 3.63) is 39.5 Å². The highest BCUT2D eigenvalue weighted by atomic mass is 79.9. The Morgan fingerprint density at radius 2 is 2.24 bits per heavy atom. The monoisotopic (exact) mass is 484 g/mol. The van der Waals surface area contributed by atoms with Crippen LogP contribution in [0.5, 0.6) is 0 Å². The lowest BCUT2D eigenvalue weighted by Gasteiger charge is -2.23. The van der Waals surface area contributed by atoms with Crippen molar-refractivity contribution in [3.63, 3.8) is 0 Å². The third-order valence-corrected chi connectivity index (χ3v) is 5.25. The molecule has 1 aliphatic rings. The average molecular weight is 487 g/mol. The predicted octanol–water partition coefficient (Wildman–Crippen LogP) is 3.94. The van der Waals surface area contributed by atoms with Gasteiger partial charge in [-0.3, -0.25) is 0 Å². The zero-order chi connectivity index (χ0) is 15.8. The Morgan fingerprint density at radius 1 is 1.52 bits per heavy atom. The molecule has 0 amide bonds. The first kappa shape index (κ1) is 19.4. The molecule has 21 heavy (non-hydrogen) atoms. The number of halogens is 3. The summed E-state index contributed by atoms with van der Waals surface area (Å²) in [5, 5.41) is 20.2. The molecule has 5 atom stereocenters. The molecule has 6 heteroatoms. The molecule has 0 bridgehead atoms. The molecular weight excluding hydrogens is 468 g/mol. The van der Waals surface area contributed by atoms with Gasteiger partial charge in [0.25, 0.3) is 0 Å². The standard InChI is InChI=1S/C15H19Br3O3/c1-2-10(17)5-3-7-12(19)14(18)15-13(20)9-11(21-15)6-4-8-16/h3,5-8,11-15,19-20H,2,9H2,1H3/b7-3+,10-5+/t4?,11-,12+,13-,14-,15+/m0/s1. The number of hydrogen-bond donors (Lipinski definition) is 2. The highest BCUT2D eigenvalue weighted by molar-refractivity contribution is 9.11. The van der Waals surface area contributed by atoms with Crippen LogP contribution >= 0.6 is 47.8 Å². The van der Waals surface area contributed by atoms with Gasteiger partial charge in [-0.2, -0.15) is 0 Å². The molecule has 0 spiro atoms. The molecule has 0 aromatic rings. The van der Waals surface area contributed by atoms with Crippen molar-refractivity contribution >= 4 is 47.8 Å². The largest absolute Gasteiger partial charge is 0.390 e. The lowest BCUT2D eigenvalue weighted by atomic mass is 10.0. The first-order valence-corrected chi connectivity index (χ1v) is 9.31. The molecule has 0 radical (unpaired) electrons. The van der Waals surface area contributed by atoms with Crippen LogP contribution in [-0.4, -0.2) is 39.5 Å². The van der Waals surface area contributed by atoms with Crippen LogP contribution in [-0.2, 0) is 4.74 Å². The smallest absolute Gasteiger partial charge is 0.0996 e. The average Bonchev–Trinajstić information content (AvgIpc) is 2.84. The van der Waals surface area contributed by atoms with Crippen LogP contribution in [0.4, 0.5) is 0 Å². The van der Waals surface area contributed by atoms with Gasteiger partial charge in [0.1, 0.15) is 0 Å². The van der Waals surface area contributed by atoms with E-state index >= 15 is 0 Å². The fraction of sp³-hybridized carbons (Fsp3) is 0.533. The molecule has 2 N–H and O–H groups in total. The predicted molar refractivity (Wildman–Crippen MR) is 96.0 cm³/mol. The first-order valence-electron chi connectivity index (χ1n) is 6.69. The van der Waals surface area contributed by atoms with Crippen LogP contribution in [0.1, 0.15) is 19.8 Å². The molecule has 118 valence electrons. The van der Waals surface area contributed by atoms with Crippen molar-refractivity contribution < 1.29 is 14.9 Å². The van der Waals surface area contributed by atoms with Gasteiger partial charge in [0.05, 0.1) is 29.2 Å². The molecule has 0 saturated carbocycles. The molecule has 1 rings (SSSR count). The topological polar surface area (TPSA) is 49.7 Å². The summed E-state index contributed by atoms with van der Waals surface area (Å²) in [7, 11) is 0. The highest BCUT2D eigenvalue weighted by Crippen LogP contribution is 2.29. The molecule has 1 heterocycles. The van der Waals surface area contributed by atoms with Gasteiger partial charge in [-0.1, -0.05) is 72.9 Å². The van der Waals surface area contributed by atoms with Gasteiger partial charge >= 0.3 is 0 Å². The normalized spacial score (nSPS) is 29.2. The minimum atomic E-state index is -0.743. The number of ether oxygens (including phenoxy) is 1. The fourth-order valence-corrected chi connectivity index (χ4v) is 2.91.